The van der Waals surface area contributed by atoms with E-state index in [-0.39, 0.29) is 47.9 Å². The Balaban J connectivity index is 1.49. The van der Waals surface area contributed by atoms with Gasteiger partial charge in [0, 0.05) is 36.3 Å². The Labute approximate surface area is 231 Å². The molecule has 0 bridgehead atoms. The van der Waals surface area contributed by atoms with E-state index in [9.17, 15) is 27.9 Å². The summed E-state index contributed by atoms with van der Waals surface area (Å²) in [7, 11) is 0. The van der Waals surface area contributed by atoms with E-state index in [1.807, 2.05) is 6.92 Å². The minimum Gasteiger partial charge on any atom is -0.394 e. The van der Waals surface area contributed by atoms with Crippen LogP contribution in [0.2, 0.25) is 10.0 Å². The summed E-state index contributed by atoms with van der Waals surface area (Å²) in [5.41, 5.74) is 0.949. The van der Waals surface area contributed by atoms with E-state index < -0.39 is 29.9 Å². The highest BCUT2D eigenvalue weighted by atomic mass is 35.5. The van der Waals surface area contributed by atoms with Gasteiger partial charge in [0.05, 0.1) is 41.0 Å². The van der Waals surface area contributed by atoms with Crippen LogP contribution in [-0.2, 0) is 19.1 Å². The number of alkyl halides is 3. The molecule has 3 aromatic rings. The molecule has 1 unspecified atom stereocenters. The molecule has 0 fully saturated rings. The minimum absolute atomic E-state index is 0.0508. The van der Waals surface area contributed by atoms with Gasteiger partial charge in [-0.25, -0.2) is 0 Å². The molecule has 13 heteroatoms. The molecular weight excluding hydrogens is 558 g/mol. The number of rotatable bonds is 4. The minimum atomic E-state index is -4.63. The van der Waals surface area contributed by atoms with Gasteiger partial charge in [-0.2, -0.15) is 18.3 Å². The number of hydrogen-bond acceptors (Lipinski definition) is 5. The molecule has 2 aliphatic heterocycles. The van der Waals surface area contributed by atoms with Crippen molar-refractivity contribution in [3.05, 3.63) is 80.3 Å². The van der Waals surface area contributed by atoms with Gasteiger partial charge in [0.15, 0.2) is 0 Å². The lowest BCUT2D eigenvalue weighted by Crippen LogP contribution is -2.47. The number of carbonyl (C=O) groups excluding carboxylic acids is 2. The molecule has 3 atom stereocenters. The van der Waals surface area contributed by atoms with Gasteiger partial charge in [-0.05, 0) is 49.7 Å². The number of aromatic nitrogens is 3. The molecule has 2 aromatic heterocycles. The van der Waals surface area contributed by atoms with Crippen LogP contribution < -0.4 is 0 Å². The predicted octanol–water partition coefficient (Wildman–Crippen LogP) is 4.94. The van der Waals surface area contributed by atoms with E-state index in [1.165, 1.54) is 27.8 Å². The van der Waals surface area contributed by atoms with Crippen molar-refractivity contribution in [1.82, 2.24) is 24.6 Å². The van der Waals surface area contributed by atoms with Crippen molar-refractivity contribution in [3.63, 3.8) is 0 Å². The number of nitrogens with zero attached hydrogens (tertiary/aromatic N) is 5. The smallest absolute Gasteiger partial charge is 0.394 e. The highest BCUT2D eigenvalue weighted by molar-refractivity contribution is 6.42. The van der Waals surface area contributed by atoms with Crippen LogP contribution >= 0.6 is 23.2 Å². The molecule has 1 aromatic carbocycles. The maximum Gasteiger partial charge on any atom is 0.433 e. The van der Waals surface area contributed by atoms with Crippen molar-refractivity contribution in [2.45, 2.75) is 51.1 Å². The van der Waals surface area contributed by atoms with Gasteiger partial charge in [0.2, 0.25) is 0 Å². The van der Waals surface area contributed by atoms with Crippen molar-refractivity contribution in [3.8, 4) is 0 Å². The van der Waals surface area contributed by atoms with Gasteiger partial charge >= 0.3 is 6.18 Å². The number of aliphatic hydroxyl groups is 1. The fraction of sp³-hybridized carbons (Fsp3) is 0.385. The first-order valence-corrected chi connectivity index (χ1v) is 13.0. The fourth-order valence-corrected chi connectivity index (χ4v) is 5.45. The zero-order chi connectivity index (χ0) is 28.2. The molecule has 1 N–H and O–H groups in total. The van der Waals surface area contributed by atoms with Gasteiger partial charge in [0.1, 0.15) is 11.4 Å². The zero-order valence-electron chi connectivity index (χ0n) is 20.9. The highest BCUT2D eigenvalue weighted by Crippen LogP contribution is 2.36. The maximum absolute atomic E-state index is 13.8. The van der Waals surface area contributed by atoms with Crippen LogP contribution in [0.4, 0.5) is 13.2 Å². The molecule has 0 saturated carbocycles. The fourth-order valence-electron chi connectivity index (χ4n) is 5.15. The lowest BCUT2D eigenvalue weighted by molar-refractivity contribution is -0.141. The second-order valence-corrected chi connectivity index (χ2v) is 10.6. The number of benzene rings is 1. The van der Waals surface area contributed by atoms with Crippen molar-refractivity contribution in [1.29, 1.82) is 0 Å². The van der Waals surface area contributed by atoms with Crippen molar-refractivity contribution in [2.24, 2.45) is 0 Å². The van der Waals surface area contributed by atoms with E-state index in [1.54, 1.807) is 17.9 Å². The number of halogens is 5. The van der Waals surface area contributed by atoms with Gasteiger partial charge in [-0.3, -0.25) is 19.3 Å². The highest BCUT2D eigenvalue weighted by Gasteiger charge is 2.42. The number of amides is 2. The summed E-state index contributed by atoms with van der Waals surface area (Å²) in [5, 5.41) is 15.3. The van der Waals surface area contributed by atoms with Crippen LogP contribution in [0.1, 0.15) is 69.3 Å². The molecule has 39 heavy (non-hydrogen) atoms. The summed E-state index contributed by atoms with van der Waals surface area (Å²) in [4.78, 5) is 33.7. The van der Waals surface area contributed by atoms with Crippen LogP contribution in [-0.4, -0.2) is 60.7 Å². The second-order valence-electron chi connectivity index (χ2n) is 9.78. The van der Waals surface area contributed by atoms with E-state index >= 15 is 0 Å². The Bertz CT molecular complexity index is 1460. The van der Waals surface area contributed by atoms with Crippen LogP contribution in [0.25, 0.3) is 0 Å². The topological polar surface area (TPSA) is 91.6 Å². The lowest BCUT2D eigenvalue weighted by atomic mass is 9.96. The summed E-state index contributed by atoms with van der Waals surface area (Å²) in [6.45, 7) is 3.30. The van der Waals surface area contributed by atoms with Crippen molar-refractivity contribution >= 4 is 35.0 Å². The summed E-state index contributed by atoms with van der Waals surface area (Å²) >= 11 is 12.1. The SMILES string of the molecule is CC(c1ccnc(C(F)(F)F)c1)N1C[C@@H](CO)n2nc3c(c2C1=O)CN(C(=O)c1ccc(Cl)c(Cl)c1)[C@H](C)C3. The number of fused-ring (bicyclic) bond motifs is 3. The average molecular weight is 582 g/mol. The zero-order valence-corrected chi connectivity index (χ0v) is 22.4. The summed E-state index contributed by atoms with van der Waals surface area (Å²) in [6, 6.07) is 5.36. The molecule has 0 saturated heterocycles. The van der Waals surface area contributed by atoms with E-state index in [0.717, 1.165) is 12.3 Å². The Morgan fingerprint density at radius 1 is 1.21 bits per heavy atom. The van der Waals surface area contributed by atoms with Crippen LogP contribution in [0, 0.1) is 0 Å². The molecule has 5 rings (SSSR count). The normalized spacial score (nSPS) is 20.1. The molecule has 2 aliphatic rings. The Kier molecular flexibility index (Phi) is 7.11. The first-order valence-electron chi connectivity index (χ1n) is 12.2. The molecule has 0 spiro atoms. The largest absolute Gasteiger partial charge is 0.433 e. The molecule has 2 amide bonds. The standard InChI is InChI=1S/C26H24Cl2F3N5O3/c1-13-7-21-18(11-34(13)24(38)16-3-4-19(27)20(28)8-16)23-25(39)35(10-17(12-37)36(23)33-21)14(2)15-5-6-32-22(9-15)26(29,30)31/h3-6,8-9,13-14,17,37H,7,10-12H2,1-2H3/t13-,14?,17+/m1/s1. The lowest BCUT2D eigenvalue weighted by Gasteiger charge is -2.38. The predicted molar refractivity (Wildman–Crippen MR) is 137 cm³/mol. The molecule has 8 nitrogen and oxygen atoms in total. The maximum atomic E-state index is 13.8. The molecule has 206 valence electrons. The Morgan fingerprint density at radius 2 is 1.95 bits per heavy atom. The van der Waals surface area contributed by atoms with Gasteiger partial charge in [0.25, 0.3) is 11.8 Å². The molecule has 4 heterocycles. The van der Waals surface area contributed by atoms with E-state index in [0.29, 0.717) is 28.3 Å². The van der Waals surface area contributed by atoms with E-state index in [4.69, 9.17) is 23.2 Å². The quantitative estimate of drug-likeness (QED) is 0.471. The molecule has 0 radical (unpaired) electrons. The number of aliphatic hydroxyl groups excluding tert-OH is 1. The first kappa shape index (κ1) is 27.4. The van der Waals surface area contributed by atoms with Crippen molar-refractivity contribution in [2.75, 3.05) is 13.2 Å². The Hall–Kier alpha value is -3.15. The monoisotopic (exact) mass is 581 g/mol. The van der Waals surface area contributed by atoms with Gasteiger partial charge in [-0.1, -0.05) is 23.2 Å². The molecule has 0 aliphatic carbocycles. The van der Waals surface area contributed by atoms with E-state index in [2.05, 4.69) is 10.1 Å². The summed E-state index contributed by atoms with van der Waals surface area (Å²) in [5.74, 6) is -0.738. The second kappa shape index (κ2) is 10.1. The third kappa shape index (κ3) is 4.87. The third-order valence-corrected chi connectivity index (χ3v) is 8.06. The van der Waals surface area contributed by atoms with Crippen LogP contribution in [0.3, 0.4) is 0 Å². The summed E-state index contributed by atoms with van der Waals surface area (Å²) in [6.07, 6.45) is -3.19. The number of hydrogen-bond donors (Lipinski definition) is 1. The summed E-state index contributed by atoms with van der Waals surface area (Å²) < 4.78 is 41.3. The van der Waals surface area contributed by atoms with Crippen LogP contribution in [0.15, 0.2) is 36.5 Å². The van der Waals surface area contributed by atoms with Gasteiger partial charge < -0.3 is 14.9 Å². The Morgan fingerprint density at radius 3 is 2.62 bits per heavy atom. The third-order valence-electron chi connectivity index (χ3n) is 7.32. The van der Waals surface area contributed by atoms with Crippen LogP contribution in [0.5, 0.6) is 0 Å². The van der Waals surface area contributed by atoms with Gasteiger partial charge in [-0.15, -0.1) is 0 Å². The average Bonchev–Trinajstić information content (AvgIpc) is 3.27. The molecular formula is C26H24Cl2F3N5O3. The number of pyridine rings is 1. The first-order chi connectivity index (χ1) is 18.4. The van der Waals surface area contributed by atoms with Crippen molar-refractivity contribution < 1.29 is 27.9 Å². The number of carbonyl (C=O) groups is 2.